The van der Waals surface area contributed by atoms with E-state index in [2.05, 4.69) is 27.7 Å². The summed E-state index contributed by atoms with van der Waals surface area (Å²) < 4.78 is 0. The van der Waals surface area contributed by atoms with Crippen LogP contribution in [0.25, 0.3) is 10.6 Å². The Balaban J connectivity index is 1.45. The molecule has 4 heterocycles. The van der Waals surface area contributed by atoms with Crippen LogP contribution in [0, 0.1) is 0 Å². The summed E-state index contributed by atoms with van der Waals surface area (Å²) in [6.45, 7) is 1.57. The van der Waals surface area contributed by atoms with E-state index in [0.29, 0.717) is 10.9 Å². The van der Waals surface area contributed by atoms with Crippen molar-refractivity contribution in [2.75, 3.05) is 18.8 Å². The lowest BCUT2D eigenvalue weighted by Gasteiger charge is -2.18. The zero-order valence-corrected chi connectivity index (χ0v) is 15.4. The first-order valence-electron chi connectivity index (χ1n) is 7.85. The molecule has 3 aromatic rings. The number of hydrogen-bond acceptors (Lipinski definition) is 5. The van der Waals surface area contributed by atoms with Crippen molar-refractivity contribution < 1.29 is 4.79 Å². The fourth-order valence-corrected chi connectivity index (χ4v) is 5.76. The number of aromatic nitrogens is 2. The van der Waals surface area contributed by atoms with Crippen LogP contribution >= 0.6 is 34.4 Å². The molecule has 124 valence electrons. The van der Waals surface area contributed by atoms with Gasteiger partial charge in [0.05, 0.1) is 10.6 Å². The molecule has 1 fully saturated rings. The Morgan fingerprint density at radius 3 is 2.88 bits per heavy atom. The molecule has 0 aromatic carbocycles. The molecule has 0 bridgehead atoms. The van der Waals surface area contributed by atoms with E-state index in [1.54, 1.807) is 22.7 Å². The number of aromatic amines is 1. The molecule has 0 saturated carbocycles. The third kappa shape index (κ3) is 3.29. The summed E-state index contributed by atoms with van der Waals surface area (Å²) in [7, 11) is 0. The number of thiophene rings is 2. The van der Waals surface area contributed by atoms with E-state index in [9.17, 15) is 4.79 Å². The molecular weight excluding hydrogens is 358 g/mol. The van der Waals surface area contributed by atoms with Crippen molar-refractivity contribution in [1.82, 2.24) is 15.1 Å². The van der Waals surface area contributed by atoms with Crippen LogP contribution in [0.5, 0.6) is 0 Å². The normalized spacial score (nSPS) is 18.5. The maximum atomic E-state index is 12.8. The summed E-state index contributed by atoms with van der Waals surface area (Å²) in [5.74, 6) is 0.998. The fourth-order valence-electron chi connectivity index (χ4n) is 2.83. The minimum absolute atomic E-state index is 0.0292. The van der Waals surface area contributed by atoms with Crippen LogP contribution in [0.3, 0.4) is 0 Å². The van der Waals surface area contributed by atoms with Gasteiger partial charge in [-0.05, 0) is 35.4 Å². The molecule has 1 aliphatic heterocycles. The molecule has 7 heteroatoms. The maximum absolute atomic E-state index is 12.8. The summed E-state index contributed by atoms with van der Waals surface area (Å²) in [6, 6.07) is 10.2. The number of thioether (sulfide) groups is 1. The standard InChI is InChI=1S/C17H17N3OS3/c21-17(13-11-12(18-19-13)14-3-1-8-22-14)20-6-5-16(24-10-7-20)15-4-2-9-23-15/h1-4,8-9,11,16H,5-7,10H2,(H,18,19)/t16-/m1/s1. The molecule has 1 N–H and O–H groups in total. The lowest BCUT2D eigenvalue weighted by Crippen LogP contribution is -2.33. The van der Waals surface area contributed by atoms with Crippen LogP contribution in [0.2, 0.25) is 0 Å². The highest BCUT2D eigenvalue weighted by atomic mass is 32.2. The Morgan fingerprint density at radius 1 is 1.21 bits per heavy atom. The van der Waals surface area contributed by atoms with Crippen LogP contribution in [-0.2, 0) is 0 Å². The number of nitrogens with zero attached hydrogens (tertiary/aromatic N) is 2. The van der Waals surface area contributed by atoms with E-state index in [0.717, 1.165) is 35.8 Å². The van der Waals surface area contributed by atoms with Crippen molar-refractivity contribution in [1.29, 1.82) is 0 Å². The number of nitrogens with one attached hydrogen (secondary N) is 1. The number of rotatable bonds is 3. The van der Waals surface area contributed by atoms with Crippen molar-refractivity contribution >= 4 is 40.3 Å². The van der Waals surface area contributed by atoms with Crippen molar-refractivity contribution in [2.24, 2.45) is 0 Å². The van der Waals surface area contributed by atoms with Crippen LogP contribution in [0.4, 0.5) is 0 Å². The van der Waals surface area contributed by atoms with Gasteiger partial charge in [0.15, 0.2) is 5.69 Å². The number of hydrogen-bond donors (Lipinski definition) is 1. The summed E-state index contributed by atoms with van der Waals surface area (Å²) in [4.78, 5) is 17.2. The largest absolute Gasteiger partial charge is 0.336 e. The van der Waals surface area contributed by atoms with Crippen molar-refractivity contribution in [3.05, 3.63) is 51.7 Å². The zero-order valence-electron chi connectivity index (χ0n) is 13.0. The van der Waals surface area contributed by atoms with E-state index < -0.39 is 0 Å². The number of carbonyl (C=O) groups excluding carboxylic acids is 1. The van der Waals surface area contributed by atoms with Crippen molar-refractivity contribution in [2.45, 2.75) is 11.7 Å². The average Bonchev–Trinajstić information content (AvgIpc) is 3.33. The quantitative estimate of drug-likeness (QED) is 0.732. The van der Waals surface area contributed by atoms with Gasteiger partial charge < -0.3 is 4.90 Å². The molecule has 24 heavy (non-hydrogen) atoms. The second-order valence-electron chi connectivity index (χ2n) is 5.60. The van der Waals surface area contributed by atoms with Crippen LogP contribution < -0.4 is 0 Å². The van der Waals surface area contributed by atoms with E-state index in [4.69, 9.17) is 0 Å². The molecule has 0 unspecified atom stereocenters. The summed E-state index contributed by atoms with van der Waals surface area (Å²) in [5.41, 5.74) is 1.42. The van der Waals surface area contributed by atoms with Gasteiger partial charge in [-0.2, -0.15) is 16.9 Å². The molecule has 0 radical (unpaired) electrons. The number of amides is 1. The summed E-state index contributed by atoms with van der Waals surface area (Å²) in [5, 5.41) is 11.9. The molecule has 0 spiro atoms. The highest BCUT2D eigenvalue weighted by molar-refractivity contribution is 7.99. The molecular formula is C17H17N3OS3. The molecule has 4 rings (SSSR count). The second kappa shape index (κ2) is 7.13. The third-order valence-electron chi connectivity index (χ3n) is 4.07. The first kappa shape index (κ1) is 15.9. The van der Waals surface area contributed by atoms with Crippen LogP contribution in [0.15, 0.2) is 41.1 Å². The molecule has 1 aliphatic rings. The van der Waals surface area contributed by atoms with Crippen molar-refractivity contribution in [3.63, 3.8) is 0 Å². The van der Waals surface area contributed by atoms with E-state index in [-0.39, 0.29) is 5.91 Å². The second-order valence-corrected chi connectivity index (χ2v) is 8.84. The molecule has 1 saturated heterocycles. The zero-order chi connectivity index (χ0) is 16.4. The first-order valence-corrected chi connectivity index (χ1v) is 10.7. The van der Waals surface area contributed by atoms with Crippen LogP contribution in [-0.4, -0.2) is 39.8 Å². The predicted molar refractivity (Wildman–Crippen MR) is 102 cm³/mol. The van der Waals surface area contributed by atoms with E-state index >= 15 is 0 Å². The Morgan fingerprint density at radius 2 is 2.08 bits per heavy atom. The number of H-pyrrole nitrogens is 1. The summed E-state index contributed by atoms with van der Waals surface area (Å²) in [6.07, 6.45) is 0.999. The summed E-state index contributed by atoms with van der Waals surface area (Å²) >= 11 is 5.40. The first-order chi connectivity index (χ1) is 11.8. The highest BCUT2D eigenvalue weighted by Gasteiger charge is 2.24. The molecule has 4 nitrogen and oxygen atoms in total. The molecule has 1 amide bonds. The predicted octanol–water partition coefficient (Wildman–Crippen LogP) is 4.52. The monoisotopic (exact) mass is 375 g/mol. The lowest BCUT2D eigenvalue weighted by molar-refractivity contribution is 0.0761. The topological polar surface area (TPSA) is 49.0 Å². The Kier molecular flexibility index (Phi) is 4.73. The molecule has 1 atom stereocenters. The van der Waals surface area contributed by atoms with Crippen molar-refractivity contribution in [3.8, 4) is 10.6 Å². The number of carbonyl (C=O) groups is 1. The maximum Gasteiger partial charge on any atom is 0.274 e. The van der Waals surface area contributed by atoms with E-state index in [1.165, 1.54) is 4.88 Å². The van der Waals surface area contributed by atoms with Gasteiger partial charge in [0.2, 0.25) is 0 Å². The van der Waals surface area contributed by atoms with Gasteiger partial charge in [0.1, 0.15) is 0 Å². The smallest absolute Gasteiger partial charge is 0.274 e. The fraction of sp³-hybridized carbons (Fsp3) is 0.294. The van der Waals surface area contributed by atoms with Gasteiger partial charge in [-0.15, -0.1) is 22.7 Å². The highest BCUT2D eigenvalue weighted by Crippen LogP contribution is 2.37. The third-order valence-corrected chi connectivity index (χ3v) is 7.42. The molecule has 0 aliphatic carbocycles. The van der Waals surface area contributed by atoms with Gasteiger partial charge >= 0.3 is 0 Å². The van der Waals surface area contributed by atoms with Gasteiger partial charge in [-0.25, -0.2) is 0 Å². The Labute approximate surface area is 152 Å². The van der Waals surface area contributed by atoms with Crippen LogP contribution in [0.1, 0.15) is 27.0 Å². The average molecular weight is 376 g/mol. The Bertz CT molecular complexity index is 795. The SMILES string of the molecule is O=C(c1cc(-c2cccs2)[nH]n1)N1CCS[C@@H](c2cccs2)CC1. The van der Waals surface area contributed by atoms with Gasteiger partial charge in [-0.3, -0.25) is 9.89 Å². The Hall–Kier alpha value is -1.57. The molecule has 3 aromatic heterocycles. The van der Waals surface area contributed by atoms with Gasteiger partial charge in [-0.1, -0.05) is 12.1 Å². The lowest BCUT2D eigenvalue weighted by atomic mass is 10.2. The minimum atomic E-state index is 0.0292. The van der Waals surface area contributed by atoms with Gasteiger partial charge in [0, 0.05) is 29.0 Å². The minimum Gasteiger partial charge on any atom is -0.336 e. The van der Waals surface area contributed by atoms with E-state index in [1.807, 2.05) is 40.2 Å². The van der Waals surface area contributed by atoms with Gasteiger partial charge in [0.25, 0.3) is 5.91 Å².